The van der Waals surface area contributed by atoms with E-state index in [1.807, 2.05) is 19.9 Å². The molecule has 2 amide bonds. The van der Waals surface area contributed by atoms with E-state index in [1.54, 1.807) is 36.4 Å². The topological polar surface area (TPSA) is 114 Å². The Labute approximate surface area is 183 Å². The molecule has 0 unspecified atom stereocenters. The Morgan fingerprint density at radius 2 is 1.55 bits per heavy atom. The zero-order valence-electron chi connectivity index (χ0n) is 17.9. The minimum Gasteiger partial charge on any atom is -0.497 e. The van der Waals surface area contributed by atoms with Gasteiger partial charge in [0.25, 0.3) is 5.91 Å². The van der Waals surface area contributed by atoms with Crippen molar-refractivity contribution in [2.75, 3.05) is 20.2 Å². The highest BCUT2D eigenvalue weighted by Gasteiger charge is 2.26. The van der Waals surface area contributed by atoms with Crippen LogP contribution in [0.2, 0.25) is 0 Å². The predicted octanol–water partition coefficient (Wildman–Crippen LogP) is 1.93. The smallest absolute Gasteiger partial charge is 0.251 e. The first-order valence-electron chi connectivity index (χ1n) is 10.00. The summed E-state index contributed by atoms with van der Waals surface area (Å²) in [5.41, 5.74) is 0.527. The van der Waals surface area contributed by atoms with Crippen molar-refractivity contribution in [1.29, 1.82) is 0 Å². The highest BCUT2D eigenvalue weighted by Crippen LogP contribution is 2.17. The number of benzene rings is 2. The van der Waals surface area contributed by atoms with Crippen LogP contribution in [0.5, 0.6) is 5.75 Å². The summed E-state index contributed by atoms with van der Waals surface area (Å²) in [5, 5.41) is 5.40. The molecule has 0 saturated heterocycles. The fraction of sp³-hybridized carbons (Fsp3) is 0.364. The highest BCUT2D eigenvalue weighted by atomic mass is 32.2. The number of hydrogen-bond donors (Lipinski definition) is 3. The number of sulfonamides is 1. The molecule has 2 aromatic carbocycles. The van der Waals surface area contributed by atoms with Gasteiger partial charge in [-0.25, -0.2) is 8.42 Å². The Morgan fingerprint density at radius 3 is 2.13 bits per heavy atom. The van der Waals surface area contributed by atoms with E-state index in [0.29, 0.717) is 17.7 Å². The molecule has 0 aliphatic rings. The Bertz CT molecular complexity index is 960. The van der Waals surface area contributed by atoms with E-state index in [9.17, 15) is 18.0 Å². The van der Waals surface area contributed by atoms with E-state index in [-0.39, 0.29) is 29.8 Å². The first kappa shape index (κ1) is 24.4. The SMILES string of the molecule is COc1ccc(S(=O)(=O)N[C@H](CC(C)C)C(=O)NCCNC(=O)c2ccccc2)cc1. The summed E-state index contributed by atoms with van der Waals surface area (Å²) in [7, 11) is -2.40. The molecule has 8 nitrogen and oxygen atoms in total. The zero-order chi connectivity index (χ0) is 22.9. The summed E-state index contributed by atoms with van der Waals surface area (Å²) in [4.78, 5) is 24.7. The van der Waals surface area contributed by atoms with Crippen LogP contribution >= 0.6 is 0 Å². The fourth-order valence-electron chi connectivity index (χ4n) is 2.87. The first-order chi connectivity index (χ1) is 14.7. The average Bonchev–Trinajstić information content (AvgIpc) is 2.76. The summed E-state index contributed by atoms with van der Waals surface area (Å²) >= 11 is 0. The third kappa shape index (κ3) is 7.69. The first-order valence-corrected chi connectivity index (χ1v) is 11.5. The molecular weight excluding hydrogens is 418 g/mol. The molecule has 0 aliphatic heterocycles. The van der Waals surface area contributed by atoms with E-state index in [4.69, 9.17) is 4.74 Å². The molecule has 0 fully saturated rings. The number of ether oxygens (including phenoxy) is 1. The molecule has 0 saturated carbocycles. The number of rotatable bonds is 11. The number of methoxy groups -OCH3 is 1. The van der Waals surface area contributed by atoms with E-state index in [0.717, 1.165) is 0 Å². The van der Waals surface area contributed by atoms with Crippen molar-refractivity contribution >= 4 is 21.8 Å². The minimum atomic E-state index is -3.89. The Morgan fingerprint density at radius 1 is 0.935 bits per heavy atom. The number of hydrogen-bond acceptors (Lipinski definition) is 5. The van der Waals surface area contributed by atoms with Gasteiger partial charge in [-0.1, -0.05) is 32.0 Å². The van der Waals surface area contributed by atoms with Crippen molar-refractivity contribution in [2.45, 2.75) is 31.2 Å². The van der Waals surface area contributed by atoms with Crippen LogP contribution in [-0.4, -0.2) is 46.5 Å². The van der Waals surface area contributed by atoms with Gasteiger partial charge in [0.1, 0.15) is 11.8 Å². The van der Waals surface area contributed by atoms with Crippen LogP contribution in [0.25, 0.3) is 0 Å². The largest absolute Gasteiger partial charge is 0.497 e. The zero-order valence-corrected chi connectivity index (χ0v) is 18.7. The monoisotopic (exact) mass is 447 g/mol. The van der Waals surface area contributed by atoms with E-state index in [1.165, 1.54) is 19.2 Å². The maximum absolute atomic E-state index is 12.7. The Balaban J connectivity index is 1.94. The second-order valence-corrected chi connectivity index (χ2v) is 9.11. The molecule has 0 aromatic heterocycles. The number of nitrogens with one attached hydrogen (secondary N) is 3. The van der Waals surface area contributed by atoms with Crippen molar-refractivity contribution in [3.63, 3.8) is 0 Å². The molecular formula is C22H29N3O5S. The maximum atomic E-state index is 12.7. The average molecular weight is 448 g/mol. The lowest BCUT2D eigenvalue weighted by Gasteiger charge is -2.20. The third-order valence-corrected chi connectivity index (χ3v) is 5.92. The molecule has 2 rings (SSSR count). The van der Waals surface area contributed by atoms with Crippen LogP contribution in [-0.2, 0) is 14.8 Å². The van der Waals surface area contributed by atoms with Crippen molar-refractivity contribution in [2.24, 2.45) is 5.92 Å². The molecule has 0 radical (unpaired) electrons. The maximum Gasteiger partial charge on any atom is 0.251 e. The quantitative estimate of drug-likeness (QED) is 0.456. The van der Waals surface area contributed by atoms with Crippen molar-refractivity contribution < 1.29 is 22.7 Å². The van der Waals surface area contributed by atoms with Gasteiger partial charge in [-0.15, -0.1) is 0 Å². The van der Waals surface area contributed by atoms with Gasteiger partial charge < -0.3 is 15.4 Å². The van der Waals surface area contributed by atoms with Crippen LogP contribution in [0.4, 0.5) is 0 Å². The minimum absolute atomic E-state index is 0.0463. The number of carbonyl (C=O) groups excluding carboxylic acids is 2. The molecule has 2 aromatic rings. The van der Waals surface area contributed by atoms with Gasteiger partial charge in [0.15, 0.2) is 0 Å². The van der Waals surface area contributed by atoms with Gasteiger partial charge in [0.2, 0.25) is 15.9 Å². The Hall–Kier alpha value is -2.91. The van der Waals surface area contributed by atoms with Gasteiger partial charge >= 0.3 is 0 Å². The van der Waals surface area contributed by atoms with E-state index >= 15 is 0 Å². The van der Waals surface area contributed by atoms with Gasteiger partial charge in [0, 0.05) is 18.7 Å². The normalized spacial score (nSPS) is 12.3. The van der Waals surface area contributed by atoms with Crippen molar-refractivity contribution in [3.05, 3.63) is 60.2 Å². The summed E-state index contributed by atoms with van der Waals surface area (Å²) in [6, 6.07) is 13.7. The molecule has 1 atom stereocenters. The molecule has 3 N–H and O–H groups in total. The lowest BCUT2D eigenvalue weighted by atomic mass is 10.0. The van der Waals surface area contributed by atoms with Crippen LogP contribution in [0, 0.1) is 5.92 Å². The van der Waals surface area contributed by atoms with Crippen LogP contribution in [0.1, 0.15) is 30.6 Å². The molecule has 9 heteroatoms. The van der Waals surface area contributed by atoms with Crippen molar-refractivity contribution in [3.8, 4) is 5.75 Å². The predicted molar refractivity (Wildman–Crippen MR) is 118 cm³/mol. The second kappa shape index (κ2) is 11.5. The van der Waals surface area contributed by atoms with Crippen LogP contribution < -0.4 is 20.1 Å². The number of carbonyl (C=O) groups is 2. The molecule has 0 heterocycles. The van der Waals surface area contributed by atoms with Gasteiger partial charge in [-0.3, -0.25) is 9.59 Å². The summed E-state index contributed by atoms with van der Waals surface area (Å²) in [6.07, 6.45) is 0.331. The second-order valence-electron chi connectivity index (χ2n) is 7.39. The molecule has 31 heavy (non-hydrogen) atoms. The van der Waals surface area contributed by atoms with Gasteiger partial charge in [-0.05, 0) is 48.7 Å². The lowest BCUT2D eigenvalue weighted by molar-refractivity contribution is -0.123. The van der Waals surface area contributed by atoms with E-state index in [2.05, 4.69) is 15.4 Å². The fourth-order valence-corrected chi connectivity index (χ4v) is 4.08. The molecule has 168 valence electrons. The van der Waals surface area contributed by atoms with Gasteiger partial charge in [-0.2, -0.15) is 4.72 Å². The van der Waals surface area contributed by atoms with Crippen LogP contribution in [0.15, 0.2) is 59.5 Å². The van der Waals surface area contributed by atoms with Crippen LogP contribution in [0.3, 0.4) is 0 Å². The summed E-state index contributed by atoms with van der Waals surface area (Å²) in [5.74, 6) is -0.0615. The molecule has 0 spiro atoms. The standard InChI is InChI=1S/C22H29N3O5S/c1-16(2)15-20(25-31(28,29)19-11-9-18(30-3)10-12-19)22(27)24-14-13-23-21(26)17-7-5-4-6-8-17/h4-12,16,20,25H,13-15H2,1-3H3,(H,23,26)(H,24,27)/t20-/m1/s1. The third-order valence-electron chi connectivity index (χ3n) is 4.44. The summed E-state index contributed by atoms with van der Waals surface area (Å²) < 4.78 is 33.0. The van der Waals surface area contributed by atoms with E-state index < -0.39 is 22.0 Å². The summed E-state index contributed by atoms with van der Waals surface area (Å²) in [6.45, 7) is 4.21. The van der Waals surface area contributed by atoms with Gasteiger partial charge in [0.05, 0.1) is 12.0 Å². The number of amides is 2. The highest BCUT2D eigenvalue weighted by molar-refractivity contribution is 7.89. The molecule has 0 bridgehead atoms. The van der Waals surface area contributed by atoms with Crippen molar-refractivity contribution in [1.82, 2.24) is 15.4 Å². The Kier molecular flexibility index (Phi) is 9.02. The lowest BCUT2D eigenvalue weighted by Crippen LogP contribution is -2.48. The molecule has 0 aliphatic carbocycles.